The Balaban J connectivity index is 1.41. The maximum Gasteiger partial charge on any atom is 0.251 e. The molecule has 0 saturated heterocycles. The fourth-order valence-corrected chi connectivity index (χ4v) is 5.37. The minimum Gasteiger partial charge on any atom is -0.497 e. The molecular formula is C24H25N3O2S. The van der Waals surface area contributed by atoms with Crippen molar-refractivity contribution in [3.05, 3.63) is 54.2 Å². The molecular weight excluding hydrogens is 394 g/mol. The van der Waals surface area contributed by atoms with Crippen LogP contribution < -0.4 is 10.1 Å². The molecule has 1 aliphatic rings. The van der Waals surface area contributed by atoms with Gasteiger partial charge in [0, 0.05) is 23.4 Å². The molecule has 0 spiro atoms. The average molecular weight is 420 g/mol. The minimum absolute atomic E-state index is 0.0283. The zero-order chi connectivity index (χ0) is 20.7. The predicted molar refractivity (Wildman–Crippen MR) is 121 cm³/mol. The van der Waals surface area contributed by atoms with Crippen molar-refractivity contribution in [3.63, 3.8) is 0 Å². The number of methoxy groups -OCH3 is 1. The number of imidazole rings is 1. The Labute approximate surface area is 179 Å². The highest BCUT2D eigenvalue weighted by Gasteiger charge is 2.23. The van der Waals surface area contributed by atoms with E-state index in [1.165, 1.54) is 19.3 Å². The zero-order valence-corrected chi connectivity index (χ0v) is 18.0. The zero-order valence-electron chi connectivity index (χ0n) is 17.2. The van der Waals surface area contributed by atoms with Crippen molar-refractivity contribution in [1.29, 1.82) is 0 Å². The van der Waals surface area contributed by atoms with Gasteiger partial charge in [0.05, 0.1) is 23.0 Å². The van der Waals surface area contributed by atoms with Crippen molar-refractivity contribution in [3.8, 4) is 17.0 Å². The molecule has 2 aromatic heterocycles. The first-order valence-corrected chi connectivity index (χ1v) is 11.3. The second-order valence-corrected chi connectivity index (χ2v) is 9.14. The second kappa shape index (κ2) is 7.76. The summed E-state index contributed by atoms with van der Waals surface area (Å²) in [7, 11) is 1.66. The van der Waals surface area contributed by atoms with Crippen LogP contribution in [-0.2, 0) is 0 Å². The normalized spacial score (nSPS) is 19.3. The van der Waals surface area contributed by atoms with Crippen LogP contribution in [-0.4, -0.2) is 28.4 Å². The third kappa shape index (κ3) is 3.45. The number of benzene rings is 2. The van der Waals surface area contributed by atoms with Gasteiger partial charge in [0.2, 0.25) is 0 Å². The van der Waals surface area contributed by atoms with Gasteiger partial charge in [-0.2, -0.15) is 0 Å². The maximum atomic E-state index is 12.8. The van der Waals surface area contributed by atoms with Gasteiger partial charge >= 0.3 is 0 Å². The summed E-state index contributed by atoms with van der Waals surface area (Å²) >= 11 is 1.61. The fourth-order valence-electron chi connectivity index (χ4n) is 4.33. The van der Waals surface area contributed by atoms with Crippen LogP contribution in [0.5, 0.6) is 5.75 Å². The highest BCUT2D eigenvalue weighted by molar-refractivity contribution is 7.23. The number of carbonyl (C=O) groups is 1. The molecule has 0 aliphatic heterocycles. The first-order chi connectivity index (χ1) is 14.6. The van der Waals surface area contributed by atoms with Crippen molar-refractivity contribution in [2.45, 2.75) is 38.6 Å². The van der Waals surface area contributed by atoms with E-state index in [9.17, 15) is 4.79 Å². The summed E-state index contributed by atoms with van der Waals surface area (Å²) in [6, 6.07) is 14.1. The van der Waals surface area contributed by atoms with Crippen LogP contribution in [0.25, 0.3) is 26.4 Å². The van der Waals surface area contributed by atoms with Gasteiger partial charge in [-0.1, -0.05) is 31.1 Å². The second-order valence-electron chi connectivity index (χ2n) is 8.13. The third-order valence-electron chi connectivity index (χ3n) is 6.17. The summed E-state index contributed by atoms with van der Waals surface area (Å²) in [6.07, 6.45) is 6.80. The number of fused-ring (bicyclic) bond motifs is 3. The van der Waals surface area contributed by atoms with Crippen LogP contribution >= 0.6 is 11.3 Å². The molecule has 2 unspecified atom stereocenters. The number of amides is 1. The fraction of sp³-hybridized carbons (Fsp3) is 0.333. The quantitative estimate of drug-likeness (QED) is 0.473. The molecule has 6 heteroatoms. The van der Waals surface area contributed by atoms with E-state index >= 15 is 0 Å². The Morgan fingerprint density at radius 2 is 1.97 bits per heavy atom. The molecule has 0 radical (unpaired) electrons. The monoisotopic (exact) mass is 419 g/mol. The third-order valence-corrected chi connectivity index (χ3v) is 7.19. The summed E-state index contributed by atoms with van der Waals surface area (Å²) in [5.41, 5.74) is 3.78. The molecule has 154 valence electrons. The van der Waals surface area contributed by atoms with Crippen LogP contribution in [0.1, 0.15) is 43.0 Å². The molecule has 4 aromatic rings. The van der Waals surface area contributed by atoms with Crippen LogP contribution in [0.3, 0.4) is 0 Å². The van der Waals surface area contributed by atoms with Crippen molar-refractivity contribution in [2.24, 2.45) is 5.92 Å². The van der Waals surface area contributed by atoms with Crippen LogP contribution in [0.2, 0.25) is 0 Å². The number of ether oxygens (including phenoxy) is 1. The van der Waals surface area contributed by atoms with Gasteiger partial charge in [0.1, 0.15) is 5.75 Å². The van der Waals surface area contributed by atoms with E-state index < -0.39 is 0 Å². The van der Waals surface area contributed by atoms with E-state index in [-0.39, 0.29) is 11.9 Å². The van der Waals surface area contributed by atoms with E-state index in [1.807, 2.05) is 42.5 Å². The van der Waals surface area contributed by atoms with E-state index in [1.54, 1.807) is 18.4 Å². The predicted octanol–water partition coefficient (Wildman–Crippen LogP) is 5.53. The smallest absolute Gasteiger partial charge is 0.251 e. The lowest BCUT2D eigenvalue weighted by atomic mass is 9.86. The largest absolute Gasteiger partial charge is 0.497 e. The molecule has 1 aliphatic carbocycles. The van der Waals surface area contributed by atoms with Gasteiger partial charge in [-0.05, 0) is 61.2 Å². The van der Waals surface area contributed by atoms with Crippen LogP contribution in [0, 0.1) is 5.92 Å². The van der Waals surface area contributed by atoms with Crippen molar-refractivity contribution < 1.29 is 9.53 Å². The summed E-state index contributed by atoms with van der Waals surface area (Å²) in [5, 5.41) is 3.25. The Bertz CT molecular complexity index is 1210. The Morgan fingerprint density at radius 3 is 2.73 bits per heavy atom. The van der Waals surface area contributed by atoms with E-state index in [0.717, 1.165) is 44.2 Å². The highest BCUT2D eigenvalue weighted by atomic mass is 32.1. The van der Waals surface area contributed by atoms with Gasteiger partial charge in [-0.15, -0.1) is 0 Å². The minimum atomic E-state index is 0.0283. The number of rotatable bonds is 4. The maximum absolute atomic E-state index is 12.8. The molecule has 2 atom stereocenters. The standard InChI is InChI=1S/C24H25N3O2S/c1-15-5-3-4-6-19(15)25-23(28)17-9-12-21-22(13-17)30-24-26-20(14-27(21)24)16-7-10-18(29-2)11-8-16/h7-15,19H,3-6H2,1-2H3,(H,25,28). The van der Waals surface area contributed by atoms with Crippen LogP contribution in [0.4, 0.5) is 0 Å². The molecule has 2 heterocycles. The van der Waals surface area contributed by atoms with Crippen molar-refractivity contribution in [2.75, 3.05) is 7.11 Å². The molecule has 1 fully saturated rings. The first kappa shape index (κ1) is 19.1. The lowest BCUT2D eigenvalue weighted by Crippen LogP contribution is -2.41. The molecule has 0 bridgehead atoms. The number of nitrogens with one attached hydrogen (secondary N) is 1. The average Bonchev–Trinajstić information content (AvgIpc) is 3.33. The Hall–Kier alpha value is -2.86. The number of nitrogens with zero attached hydrogens (tertiary/aromatic N) is 2. The summed E-state index contributed by atoms with van der Waals surface area (Å²) in [4.78, 5) is 18.5. The topological polar surface area (TPSA) is 55.6 Å². The summed E-state index contributed by atoms with van der Waals surface area (Å²) in [5.74, 6) is 1.41. The van der Waals surface area contributed by atoms with E-state index in [0.29, 0.717) is 5.92 Å². The molecule has 30 heavy (non-hydrogen) atoms. The molecule has 5 nitrogen and oxygen atoms in total. The van der Waals surface area contributed by atoms with Gasteiger partial charge in [0.15, 0.2) is 4.96 Å². The molecule has 1 amide bonds. The van der Waals surface area contributed by atoms with E-state index in [4.69, 9.17) is 9.72 Å². The van der Waals surface area contributed by atoms with Gasteiger partial charge in [-0.3, -0.25) is 9.20 Å². The number of carbonyl (C=O) groups excluding carboxylic acids is 1. The van der Waals surface area contributed by atoms with Crippen molar-refractivity contribution in [1.82, 2.24) is 14.7 Å². The highest BCUT2D eigenvalue weighted by Crippen LogP contribution is 2.31. The summed E-state index contributed by atoms with van der Waals surface area (Å²) < 4.78 is 8.41. The van der Waals surface area contributed by atoms with Crippen LogP contribution in [0.15, 0.2) is 48.7 Å². The molecule has 1 N–H and O–H groups in total. The Kier molecular flexibility index (Phi) is 4.95. The lowest BCUT2D eigenvalue weighted by molar-refractivity contribution is 0.0910. The Morgan fingerprint density at radius 1 is 1.17 bits per heavy atom. The molecule has 1 saturated carbocycles. The van der Waals surface area contributed by atoms with Gasteiger partial charge < -0.3 is 10.1 Å². The number of aromatic nitrogens is 2. The number of hydrogen-bond acceptors (Lipinski definition) is 4. The number of hydrogen-bond donors (Lipinski definition) is 1. The molecule has 5 rings (SSSR count). The lowest BCUT2D eigenvalue weighted by Gasteiger charge is -2.29. The number of thiazole rings is 1. The molecule has 2 aromatic carbocycles. The SMILES string of the molecule is COc1ccc(-c2cn3c(n2)sc2cc(C(=O)NC4CCCCC4C)ccc23)cc1. The van der Waals surface area contributed by atoms with Gasteiger partial charge in [0.25, 0.3) is 5.91 Å². The van der Waals surface area contributed by atoms with E-state index in [2.05, 4.69) is 22.8 Å². The van der Waals surface area contributed by atoms with Gasteiger partial charge in [-0.25, -0.2) is 4.98 Å². The van der Waals surface area contributed by atoms with Crippen molar-refractivity contribution >= 4 is 32.4 Å². The first-order valence-electron chi connectivity index (χ1n) is 10.5. The summed E-state index contributed by atoms with van der Waals surface area (Å²) in [6.45, 7) is 2.24.